The van der Waals surface area contributed by atoms with Gasteiger partial charge in [0.05, 0.1) is 5.92 Å². The van der Waals surface area contributed by atoms with E-state index in [1.165, 1.54) is 17.7 Å². The van der Waals surface area contributed by atoms with Crippen LogP contribution in [0.4, 0.5) is 4.39 Å². The lowest BCUT2D eigenvalue weighted by molar-refractivity contribution is -0.125. The number of hydrogen-bond donors (Lipinski definition) is 1. The molecule has 0 spiro atoms. The first-order chi connectivity index (χ1) is 11.1. The Hall–Kier alpha value is -2.20. The van der Waals surface area contributed by atoms with Gasteiger partial charge >= 0.3 is 0 Å². The van der Waals surface area contributed by atoms with Gasteiger partial charge in [0, 0.05) is 25.6 Å². The van der Waals surface area contributed by atoms with Crippen LogP contribution in [0, 0.1) is 11.7 Å². The van der Waals surface area contributed by atoms with Crippen molar-refractivity contribution in [3.05, 3.63) is 71.5 Å². The second-order valence-electron chi connectivity index (χ2n) is 6.19. The van der Waals surface area contributed by atoms with Crippen LogP contribution in [0.3, 0.4) is 0 Å². The topological polar surface area (TPSA) is 32.3 Å². The Kier molecular flexibility index (Phi) is 4.72. The molecule has 4 heteroatoms. The van der Waals surface area contributed by atoms with Crippen molar-refractivity contribution < 1.29 is 9.18 Å². The zero-order chi connectivity index (χ0) is 16.2. The maximum atomic E-state index is 12.9. The molecule has 3 nitrogen and oxygen atoms in total. The minimum absolute atomic E-state index is 0.0529. The van der Waals surface area contributed by atoms with Crippen LogP contribution < -0.4 is 5.32 Å². The van der Waals surface area contributed by atoms with Gasteiger partial charge in [-0.2, -0.15) is 0 Å². The fourth-order valence-corrected chi connectivity index (χ4v) is 3.23. The lowest BCUT2D eigenvalue weighted by Gasteiger charge is -2.18. The molecule has 120 valence electrons. The number of likely N-dealkylation sites (N-methyl/N-ethyl adjacent to an activating group) is 1. The third-order valence-corrected chi connectivity index (χ3v) is 4.45. The van der Waals surface area contributed by atoms with Gasteiger partial charge in [-0.05, 0) is 30.3 Å². The van der Waals surface area contributed by atoms with Crippen molar-refractivity contribution in [1.82, 2.24) is 10.2 Å². The van der Waals surface area contributed by atoms with E-state index in [0.717, 1.165) is 18.7 Å². The summed E-state index contributed by atoms with van der Waals surface area (Å²) in [5.41, 5.74) is 2.11. The summed E-state index contributed by atoms with van der Waals surface area (Å²) in [6.45, 7) is 2.08. The average molecular weight is 312 g/mol. The molecule has 1 fully saturated rings. The van der Waals surface area contributed by atoms with Gasteiger partial charge in [-0.1, -0.05) is 42.5 Å². The Bertz CT molecular complexity index is 657. The number of carbonyl (C=O) groups excluding carboxylic acids is 1. The van der Waals surface area contributed by atoms with Crippen LogP contribution in [0.2, 0.25) is 0 Å². The molecule has 0 bridgehead atoms. The van der Waals surface area contributed by atoms with Crippen LogP contribution in [0.5, 0.6) is 0 Å². The third-order valence-electron chi connectivity index (χ3n) is 4.45. The molecule has 1 aliphatic heterocycles. The van der Waals surface area contributed by atoms with Gasteiger partial charge in [0.1, 0.15) is 5.82 Å². The quantitative estimate of drug-likeness (QED) is 0.941. The van der Waals surface area contributed by atoms with Crippen LogP contribution in [0.1, 0.15) is 17.0 Å². The van der Waals surface area contributed by atoms with Gasteiger partial charge in [0.2, 0.25) is 5.91 Å². The molecule has 3 rings (SSSR count). The van der Waals surface area contributed by atoms with E-state index in [1.54, 1.807) is 12.1 Å². The number of benzene rings is 2. The van der Waals surface area contributed by atoms with Gasteiger partial charge in [-0.15, -0.1) is 0 Å². The number of amides is 1. The monoisotopic (exact) mass is 312 g/mol. The number of nitrogens with one attached hydrogen (secondary N) is 1. The molecule has 1 N–H and O–H groups in total. The molecule has 0 aliphatic carbocycles. The first-order valence-electron chi connectivity index (χ1n) is 7.89. The van der Waals surface area contributed by atoms with E-state index >= 15 is 0 Å². The molecule has 23 heavy (non-hydrogen) atoms. The molecular weight excluding hydrogens is 291 g/mol. The molecule has 0 aromatic heterocycles. The van der Waals surface area contributed by atoms with Crippen molar-refractivity contribution in [2.45, 2.75) is 12.5 Å². The van der Waals surface area contributed by atoms with E-state index in [-0.39, 0.29) is 23.6 Å². The summed E-state index contributed by atoms with van der Waals surface area (Å²) in [6.07, 6.45) is 0. The Balaban J connectivity index is 1.66. The maximum Gasteiger partial charge on any atom is 0.225 e. The molecule has 2 atom stereocenters. The smallest absolute Gasteiger partial charge is 0.225 e. The lowest BCUT2D eigenvalue weighted by Crippen LogP contribution is -2.34. The highest BCUT2D eigenvalue weighted by atomic mass is 19.1. The van der Waals surface area contributed by atoms with Crippen LogP contribution in [-0.2, 0) is 11.3 Å². The lowest BCUT2D eigenvalue weighted by atomic mass is 9.88. The van der Waals surface area contributed by atoms with Gasteiger partial charge in [-0.25, -0.2) is 4.39 Å². The molecule has 1 amide bonds. The highest BCUT2D eigenvalue weighted by Gasteiger charge is 2.36. The summed E-state index contributed by atoms with van der Waals surface area (Å²) in [7, 11) is 2.04. The van der Waals surface area contributed by atoms with E-state index in [9.17, 15) is 9.18 Å². The van der Waals surface area contributed by atoms with E-state index in [2.05, 4.69) is 22.3 Å². The van der Waals surface area contributed by atoms with E-state index in [1.807, 2.05) is 25.2 Å². The summed E-state index contributed by atoms with van der Waals surface area (Å²) in [5.74, 6) is -0.0357. The largest absolute Gasteiger partial charge is 0.352 e. The molecule has 1 aliphatic rings. The summed E-state index contributed by atoms with van der Waals surface area (Å²) < 4.78 is 12.9. The second kappa shape index (κ2) is 6.92. The first-order valence-corrected chi connectivity index (χ1v) is 7.89. The maximum absolute atomic E-state index is 12.9. The SMILES string of the molecule is CN1CC(C(=O)NCc2ccc(F)cc2)C(c2ccccc2)C1. The van der Waals surface area contributed by atoms with Crippen LogP contribution >= 0.6 is 0 Å². The van der Waals surface area contributed by atoms with Crippen molar-refractivity contribution in [2.75, 3.05) is 20.1 Å². The molecule has 1 heterocycles. The van der Waals surface area contributed by atoms with Crippen molar-refractivity contribution in [1.29, 1.82) is 0 Å². The Morgan fingerprint density at radius 3 is 2.52 bits per heavy atom. The third kappa shape index (κ3) is 3.77. The molecule has 2 aromatic rings. The van der Waals surface area contributed by atoms with Crippen molar-refractivity contribution in [3.63, 3.8) is 0 Å². The molecule has 0 radical (unpaired) electrons. The minimum atomic E-state index is -0.262. The van der Waals surface area contributed by atoms with Gasteiger partial charge < -0.3 is 10.2 Å². The van der Waals surface area contributed by atoms with Crippen molar-refractivity contribution in [3.8, 4) is 0 Å². The van der Waals surface area contributed by atoms with E-state index in [0.29, 0.717) is 6.54 Å². The van der Waals surface area contributed by atoms with Gasteiger partial charge in [-0.3, -0.25) is 4.79 Å². The second-order valence-corrected chi connectivity index (χ2v) is 6.19. The highest BCUT2D eigenvalue weighted by Crippen LogP contribution is 2.32. The minimum Gasteiger partial charge on any atom is -0.352 e. The molecule has 0 saturated carbocycles. The normalized spacial score (nSPS) is 21.3. The van der Waals surface area contributed by atoms with Crippen LogP contribution in [0.15, 0.2) is 54.6 Å². The van der Waals surface area contributed by atoms with Crippen LogP contribution in [-0.4, -0.2) is 30.9 Å². The summed E-state index contributed by atoms with van der Waals surface area (Å²) in [4.78, 5) is 14.8. The number of halogens is 1. The van der Waals surface area contributed by atoms with Crippen molar-refractivity contribution >= 4 is 5.91 Å². The Morgan fingerprint density at radius 2 is 1.83 bits per heavy atom. The van der Waals surface area contributed by atoms with Crippen LogP contribution in [0.25, 0.3) is 0 Å². The predicted molar refractivity (Wildman–Crippen MR) is 88.4 cm³/mol. The van der Waals surface area contributed by atoms with E-state index < -0.39 is 0 Å². The zero-order valence-electron chi connectivity index (χ0n) is 13.2. The summed E-state index contributed by atoms with van der Waals surface area (Å²) in [6, 6.07) is 16.4. The molecule has 2 aromatic carbocycles. The fraction of sp³-hybridized carbons (Fsp3) is 0.316. The predicted octanol–water partition coefficient (Wildman–Crippen LogP) is 2.79. The van der Waals surface area contributed by atoms with Gasteiger partial charge in [0.25, 0.3) is 0 Å². The molecular formula is C19H21FN2O. The fourth-order valence-electron chi connectivity index (χ4n) is 3.23. The average Bonchev–Trinajstić information content (AvgIpc) is 2.97. The zero-order valence-corrected chi connectivity index (χ0v) is 13.2. The number of carbonyl (C=O) groups is 1. The number of hydrogen-bond acceptors (Lipinski definition) is 2. The number of rotatable bonds is 4. The molecule has 1 saturated heterocycles. The standard InChI is InChI=1S/C19H21FN2O/c1-22-12-17(15-5-3-2-4-6-15)18(13-22)19(23)21-11-14-7-9-16(20)10-8-14/h2-10,17-18H,11-13H2,1H3,(H,21,23). The summed E-state index contributed by atoms with van der Waals surface area (Å²) >= 11 is 0. The van der Waals surface area contributed by atoms with Gasteiger partial charge in [0.15, 0.2) is 0 Å². The number of nitrogens with zero attached hydrogens (tertiary/aromatic N) is 1. The molecule has 2 unspecified atom stereocenters. The Morgan fingerprint density at radius 1 is 1.13 bits per heavy atom. The van der Waals surface area contributed by atoms with E-state index in [4.69, 9.17) is 0 Å². The Labute approximate surface area is 136 Å². The highest BCUT2D eigenvalue weighted by molar-refractivity contribution is 5.80. The van der Waals surface area contributed by atoms with Crippen molar-refractivity contribution in [2.24, 2.45) is 5.92 Å². The number of likely N-dealkylation sites (tertiary alicyclic amines) is 1. The summed E-state index contributed by atoms with van der Waals surface area (Å²) in [5, 5.41) is 2.99. The first kappa shape index (κ1) is 15.7.